The molecule has 0 amide bonds. The normalized spacial score (nSPS) is 10.5. The number of aryl methyl sites for hydroxylation is 1. The monoisotopic (exact) mass is 174 g/mol. The van der Waals surface area contributed by atoms with E-state index in [0.717, 1.165) is 11.8 Å². The van der Waals surface area contributed by atoms with Gasteiger partial charge in [-0.3, -0.25) is 0 Å². The Labute approximate surface area is 75.8 Å². The highest BCUT2D eigenvalue weighted by Crippen LogP contribution is 2.13. The van der Waals surface area contributed by atoms with E-state index in [1.807, 2.05) is 18.2 Å². The minimum atomic E-state index is -0.295. The van der Waals surface area contributed by atoms with E-state index >= 15 is 0 Å². The zero-order valence-electron chi connectivity index (χ0n) is 7.41. The Morgan fingerprint density at radius 3 is 2.85 bits per heavy atom. The molecule has 0 aliphatic rings. The van der Waals surface area contributed by atoms with Gasteiger partial charge in [-0.25, -0.2) is 4.79 Å². The van der Waals surface area contributed by atoms with E-state index in [1.54, 1.807) is 6.07 Å². The second kappa shape index (κ2) is 3.05. The lowest BCUT2D eigenvalue weighted by molar-refractivity contribution is 0.561. The second-order valence-electron chi connectivity index (χ2n) is 2.98. The van der Waals surface area contributed by atoms with Gasteiger partial charge >= 0.3 is 5.63 Å². The van der Waals surface area contributed by atoms with Gasteiger partial charge in [0.1, 0.15) is 5.58 Å². The van der Waals surface area contributed by atoms with Crippen molar-refractivity contribution in [3.8, 4) is 0 Å². The molecule has 2 heteroatoms. The van der Waals surface area contributed by atoms with Crippen LogP contribution in [0.15, 0.2) is 39.5 Å². The van der Waals surface area contributed by atoms with Crippen molar-refractivity contribution in [2.75, 3.05) is 0 Å². The van der Waals surface area contributed by atoms with Crippen molar-refractivity contribution in [1.29, 1.82) is 0 Å². The van der Waals surface area contributed by atoms with Gasteiger partial charge in [-0.15, -0.1) is 0 Å². The van der Waals surface area contributed by atoms with Crippen LogP contribution in [0.1, 0.15) is 12.5 Å². The molecule has 0 aliphatic heterocycles. The van der Waals surface area contributed by atoms with Crippen molar-refractivity contribution in [2.45, 2.75) is 13.3 Å². The van der Waals surface area contributed by atoms with E-state index in [-0.39, 0.29) is 5.63 Å². The summed E-state index contributed by atoms with van der Waals surface area (Å²) < 4.78 is 5.01. The third kappa shape index (κ3) is 1.47. The Kier molecular flexibility index (Phi) is 1.89. The summed E-state index contributed by atoms with van der Waals surface area (Å²) in [6.45, 7) is 2.10. The van der Waals surface area contributed by atoms with Crippen LogP contribution in [0.5, 0.6) is 0 Å². The van der Waals surface area contributed by atoms with Crippen LogP contribution in [0.25, 0.3) is 11.0 Å². The fourth-order valence-corrected chi connectivity index (χ4v) is 1.34. The van der Waals surface area contributed by atoms with Crippen LogP contribution in [0, 0.1) is 0 Å². The first-order valence-corrected chi connectivity index (χ1v) is 4.32. The molecular weight excluding hydrogens is 164 g/mol. The fraction of sp³-hybridized carbons (Fsp3) is 0.182. The lowest BCUT2D eigenvalue weighted by atomic mass is 10.1. The topological polar surface area (TPSA) is 30.2 Å². The maximum Gasteiger partial charge on any atom is 0.336 e. The van der Waals surface area contributed by atoms with Crippen LogP contribution >= 0.6 is 0 Å². The minimum Gasteiger partial charge on any atom is -0.423 e. The van der Waals surface area contributed by atoms with E-state index in [9.17, 15) is 4.79 Å². The predicted octanol–water partition coefficient (Wildman–Crippen LogP) is 2.36. The van der Waals surface area contributed by atoms with Gasteiger partial charge in [0.2, 0.25) is 0 Å². The summed E-state index contributed by atoms with van der Waals surface area (Å²) in [6, 6.07) is 9.10. The van der Waals surface area contributed by atoms with Gasteiger partial charge in [-0.1, -0.05) is 13.0 Å². The van der Waals surface area contributed by atoms with Crippen molar-refractivity contribution in [2.24, 2.45) is 0 Å². The Balaban J connectivity index is 2.73. The lowest BCUT2D eigenvalue weighted by Crippen LogP contribution is -1.94. The van der Waals surface area contributed by atoms with Crippen LogP contribution in [0.2, 0.25) is 0 Å². The van der Waals surface area contributed by atoms with Crippen molar-refractivity contribution in [3.05, 3.63) is 46.3 Å². The number of hydrogen-bond donors (Lipinski definition) is 0. The van der Waals surface area contributed by atoms with Crippen molar-refractivity contribution in [1.82, 2.24) is 0 Å². The maximum atomic E-state index is 10.9. The molecule has 0 radical (unpaired) electrons. The standard InChI is InChI=1S/C11H10O2/c1-2-8-3-5-10-9(7-8)4-6-11(12)13-10/h3-7H,2H2,1H3. The van der Waals surface area contributed by atoms with Gasteiger partial charge in [-0.05, 0) is 30.2 Å². The summed E-state index contributed by atoms with van der Waals surface area (Å²) in [6.07, 6.45) is 0.995. The first kappa shape index (κ1) is 8.05. The van der Waals surface area contributed by atoms with Crippen LogP contribution < -0.4 is 5.63 Å². The second-order valence-corrected chi connectivity index (χ2v) is 2.98. The molecule has 66 valence electrons. The SMILES string of the molecule is CCc1ccc2oc(=O)ccc2c1. The van der Waals surface area contributed by atoms with Crippen molar-refractivity contribution >= 4 is 11.0 Å². The first-order chi connectivity index (χ1) is 6.29. The fourth-order valence-electron chi connectivity index (χ4n) is 1.34. The molecule has 0 N–H and O–H groups in total. The van der Waals surface area contributed by atoms with Gasteiger partial charge in [0, 0.05) is 11.5 Å². The molecule has 2 rings (SSSR count). The van der Waals surface area contributed by atoms with E-state index in [2.05, 4.69) is 6.92 Å². The highest BCUT2D eigenvalue weighted by atomic mass is 16.4. The molecule has 1 aromatic carbocycles. The summed E-state index contributed by atoms with van der Waals surface area (Å²) in [7, 11) is 0. The van der Waals surface area contributed by atoms with Crippen molar-refractivity contribution in [3.63, 3.8) is 0 Å². The lowest BCUT2D eigenvalue weighted by Gasteiger charge is -1.98. The Bertz CT molecular complexity index is 483. The quantitative estimate of drug-likeness (QED) is 0.621. The summed E-state index contributed by atoms with van der Waals surface area (Å²) in [4.78, 5) is 10.9. The number of rotatable bonds is 1. The largest absolute Gasteiger partial charge is 0.423 e. The van der Waals surface area contributed by atoms with E-state index in [4.69, 9.17) is 4.42 Å². The predicted molar refractivity (Wildman–Crippen MR) is 51.9 cm³/mol. The summed E-state index contributed by atoms with van der Waals surface area (Å²) >= 11 is 0. The molecule has 0 unspecified atom stereocenters. The smallest absolute Gasteiger partial charge is 0.336 e. The first-order valence-electron chi connectivity index (χ1n) is 4.32. The molecule has 2 aromatic rings. The molecule has 1 heterocycles. The molecule has 13 heavy (non-hydrogen) atoms. The molecule has 0 atom stereocenters. The molecule has 2 nitrogen and oxygen atoms in total. The number of hydrogen-bond acceptors (Lipinski definition) is 2. The molecule has 1 aromatic heterocycles. The maximum absolute atomic E-state index is 10.9. The Morgan fingerprint density at radius 2 is 2.08 bits per heavy atom. The Morgan fingerprint density at radius 1 is 1.23 bits per heavy atom. The average molecular weight is 174 g/mol. The Hall–Kier alpha value is -1.57. The van der Waals surface area contributed by atoms with Gasteiger partial charge in [0.25, 0.3) is 0 Å². The van der Waals surface area contributed by atoms with Gasteiger partial charge < -0.3 is 4.42 Å². The third-order valence-electron chi connectivity index (χ3n) is 2.09. The summed E-state index contributed by atoms with van der Waals surface area (Å²) in [5.41, 5.74) is 1.61. The minimum absolute atomic E-state index is 0.295. The third-order valence-corrected chi connectivity index (χ3v) is 2.09. The molecule has 0 aliphatic carbocycles. The van der Waals surface area contributed by atoms with Crippen LogP contribution in [-0.4, -0.2) is 0 Å². The van der Waals surface area contributed by atoms with Crippen LogP contribution in [0.3, 0.4) is 0 Å². The van der Waals surface area contributed by atoms with Crippen LogP contribution in [-0.2, 0) is 6.42 Å². The molecule has 0 fully saturated rings. The highest BCUT2D eigenvalue weighted by Gasteiger charge is 1.96. The summed E-state index contributed by atoms with van der Waals surface area (Å²) in [5.74, 6) is 0. The van der Waals surface area contributed by atoms with E-state index < -0.39 is 0 Å². The zero-order valence-corrected chi connectivity index (χ0v) is 7.41. The van der Waals surface area contributed by atoms with Gasteiger partial charge in [-0.2, -0.15) is 0 Å². The van der Waals surface area contributed by atoms with E-state index in [0.29, 0.717) is 5.58 Å². The molecule has 0 spiro atoms. The molecule has 0 bridgehead atoms. The zero-order chi connectivity index (χ0) is 9.26. The van der Waals surface area contributed by atoms with Gasteiger partial charge in [0.05, 0.1) is 0 Å². The highest BCUT2D eigenvalue weighted by molar-refractivity contribution is 5.76. The summed E-state index contributed by atoms with van der Waals surface area (Å²) in [5, 5.41) is 0.985. The molecule has 0 saturated carbocycles. The average Bonchev–Trinajstić information content (AvgIpc) is 2.17. The van der Waals surface area contributed by atoms with E-state index in [1.165, 1.54) is 11.6 Å². The number of fused-ring (bicyclic) bond motifs is 1. The molecular formula is C11H10O2. The van der Waals surface area contributed by atoms with Gasteiger partial charge in [0.15, 0.2) is 0 Å². The van der Waals surface area contributed by atoms with Crippen molar-refractivity contribution < 1.29 is 4.42 Å². The number of benzene rings is 1. The van der Waals surface area contributed by atoms with Crippen LogP contribution in [0.4, 0.5) is 0 Å². The molecule has 0 saturated heterocycles.